The van der Waals surface area contributed by atoms with Crippen LogP contribution in [0, 0.1) is 19.1 Å². The van der Waals surface area contributed by atoms with E-state index in [1.54, 1.807) is 24.3 Å². The number of piperazine rings is 1. The van der Waals surface area contributed by atoms with E-state index in [1.165, 1.54) is 28.6 Å². The highest BCUT2D eigenvalue weighted by Crippen LogP contribution is 2.34. The molecule has 2 bridgehead atoms. The molecule has 31 heavy (non-hydrogen) atoms. The van der Waals surface area contributed by atoms with E-state index in [9.17, 15) is 22.0 Å². The number of hydrogen-bond donors (Lipinski definition) is 0. The molecule has 10 heteroatoms. The average molecular weight is 467 g/mol. The van der Waals surface area contributed by atoms with Crippen molar-refractivity contribution in [3.63, 3.8) is 0 Å². The monoisotopic (exact) mass is 466 g/mol. The van der Waals surface area contributed by atoms with Gasteiger partial charge >= 0.3 is 0 Å². The predicted octanol–water partition coefficient (Wildman–Crippen LogP) is 2.17. The minimum Gasteiger partial charge on any atom is -0.633 e. The maximum Gasteiger partial charge on any atom is 0.297 e. The summed E-state index contributed by atoms with van der Waals surface area (Å²) in [6, 6.07) is 11.9. The topological polar surface area (TPSA) is 104 Å². The van der Waals surface area contributed by atoms with Gasteiger partial charge in [-0.3, -0.25) is 4.18 Å². The molecular weight excluding hydrogens is 440 g/mol. The van der Waals surface area contributed by atoms with Crippen molar-refractivity contribution >= 4 is 20.1 Å². The standard InChI is InChI=1S/C21H26N2O6S2/c1-16-3-7-18(8-4-16)30(25,26)22-12-14-23(24)13-11-21(20(22)15-23)29-31(27,28)19-9-5-17(2)6-10-19/h3-10,20-21H,11-15H2,1-2H3/t20-,21+,23-/m0/s1. The van der Waals surface area contributed by atoms with E-state index in [0.717, 1.165) is 11.1 Å². The maximum atomic E-state index is 13.3. The van der Waals surface area contributed by atoms with Gasteiger partial charge in [0.2, 0.25) is 10.0 Å². The van der Waals surface area contributed by atoms with E-state index in [1.807, 2.05) is 13.8 Å². The molecule has 2 aromatic rings. The maximum absolute atomic E-state index is 13.3. The van der Waals surface area contributed by atoms with E-state index in [2.05, 4.69) is 0 Å². The summed E-state index contributed by atoms with van der Waals surface area (Å²) in [4.78, 5) is 0.130. The van der Waals surface area contributed by atoms with Crippen LogP contribution in [0.1, 0.15) is 17.5 Å². The Labute approximate surface area is 183 Å². The van der Waals surface area contributed by atoms with Gasteiger partial charge in [-0.25, -0.2) is 8.42 Å². The molecule has 0 N–H and O–H groups in total. The van der Waals surface area contributed by atoms with Gasteiger partial charge in [-0.05, 0) is 38.1 Å². The Balaban J connectivity index is 1.65. The van der Waals surface area contributed by atoms with Gasteiger partial charge < -0.3 is 9.85 Å². The number of piperidine rings is 1. The van der Waals surface area contributed by atoms with Crippen molar-refractivity contribution in [1.29, 1.82) is 0 Å². The van der Waals surface area contributed by atoms with Crippen molar-refractivity contribution in [2.75, 3.05) is 26.2 Å². The van der Waals surface area contributed by atoms with Crippen LogP contribution in [-0.2, 0) is 24.3 Å². The lowest BCUT2D eigenvalue weighted by Gasteiger charge is -2.56. The number of fused-ring (bicyclic) bond motifs is 2. The normalized spacial score (nSPS) is 27.2. The fraction of sp³-hybridized carbons (Fsp3) is 0.429. The van der Waals surface area contributed by atoms with E-state index in [-0.39, 0.29) is 42.4 Å². The zero-order chi connectivity index (χ0) is 22.4. The largest absolute Gasteiger partial charge is 0.633 e. The number of sulfonamides is 1. The third-order valence-corrected chi connectivity index (χ3v) is 9.34. The molecule has 0 saturated carbocycles. The third-order valence-electron chi connectivity index (χ3n) is 6.06. The molecule has 0 unspecified atom stereocenters. The predicted molar refractivity (Wildman–Crippen MR) is 115 cm³/mol. The van der Waals surface area contributed by atoms with Crippen molar-refractivity contribution in [1.82, 2.24) is 4.31 Å². The van der Waals surface area contributed by atoms with Gasteiger partial charge in [0.05, 0.1) is 36.0 Å². The Morgan fingerprint density at radius 3 is 2.03 bits per heavy atom. The van der Waals surface area contributed by atoms with Crippen LogP contribution in [0.2, 0.25) is 0 Å². The van der Waals surface area contributed by atoms with Gasteiger partial charge in [0, 0.05) is 6.42 Å². The van der Waals surface area contributed by atoms with Gasteiger partial charge in [-0.15, -0.1) is 0 Å². The lowest BCUT2D eigenvalue weighted by atomic mass is 9.99. The van der Waals surface area contributed by atoms with E-state index in [0.29, 0.717) is 0 Å². The van der Waals surface area contributed by atoms with Crippen molar-refractivity contribution in [3.8, 4) is 0 Å². The number of benzene rings is 2. The van der Waals surface area contributed by atoms with Crippen molar-refractivity contribution < 1.29 is 25.7 Å². The second-order valence-electron chi connectivity index (χ2n) is 8.37. The lowest BCUT2D eigenvalue weighted by molar-refractivity contribution is -0.893. The zero-order valence-corrected chi connectivity index (χ0v) is 19.1. The quantitative estimate of drug-likeness (QED) is 0.380. The summed E-state index contributed by atoms with van der Waals surface area (Å²) in [6.07, 6.45) is -0.758. The Kier molecular flexibility index (Phi) is 5.74. The number of nitrogens with zero attached hydrogens (tertiary/aromatic N) is 2. The van der Waals surface area contributed by atoms with Crippen LogP contribution in [0.4, 0.5) is 0 Å². The molecule has 3 atom stereocenters. The first-order valence-corrected chi connectivity index (χ1v) is 13.0. The zero-order valence-electron chi connectivity index (χ0n) is 17.5. The first-order chi connectivity index (χ1) is 14.5. The first kappa shape index (κ1) is 22.4. The van der Waals surface area contributed by atoms with Gasteiger partial charge in [-0.1, -0.05) is 35.4 Å². The van der Waals surface area contributed by atoms with Gasteiger partial charge in [0.1, 0.15) is 12.1 Å². The van der Waals surface area contributed by atoms with Crippen LogP contribution < -0.4 is 0 Å². The molecule has 0 amide bonds. The lowest BCUT2D eigenvalue weighted by Crippen LogP contribution is -2.69. The molecule has 8 nitrogen and oxygen atoms in total. The summed E-state index contributed by atoms with van der Waals surface area (Å²) in [6.45, 7) is 4.04. The minimum atomic E-state index is -4.10. The molecule has 0 radical (unpaired) electrons. The Bertz CT molecular complexity index is 1160. The number of quaternary nitrogens is 1. The summed E-state index contributed by atoms with van der Waals surface area (Å²) in [7, 11) is -8.01. The molecule has 2 fully saturated rings. The minimum absolute atomic E-state index is 0.00954. The number of hydroxylamine groups is 3. The molecule has 0 aliphatic carbocycles. The molecule has 168 valence electrons. The van der Waals surface area contributed by atoms with Crippen LogP contribution in [0.25, 0.3) is 0 Å². The van der Waals surface area contributed by atoms with Crippen molar-refractivity contribution in [3.05, 3.63) is 64.9 Å². The van der Waals surface area contributed by atoms with Crippen LogP contribution in [0.3, 0.4) is 0 Å². The molecule has 2 heterocycles. The number of hydrogen-bond acceptors (Lipinski definition) is 6. The summed E-state index contributed by atoms with van der Waals surface area (Å²) in [5, 5.41) is 12.9. The highest BCUT2D eigenvalue weighted by atomic mass is 32.2. The van der Waals surface area contributed by atoms with Gasteiger partial charge in [-0.2, -0.15) is 12.7 Å². The van der Waals surface area contributed by atoms with Crippen LogP contribution in [-0.4, -0.2) is 64.1 Å². The highest BCUT2D eigenvalue weighted by molar-refractivity contribution is 7.89. The summed E-state index contributed by atoms with van der Waals surface area (Å²) in [5.74, 6) is 0. The smallest absolute Gasteiger partial charge is 0.297 e. The van der Waals surface area contributed by atoms with Gasteiger partial charge in [0.25, 0.3) is 10.1 Å². The van der Waals surface area contributed by atoms with Gasteiger partial charge in [0.15, 0.2) is 0 Å². The molecule has 0 aromatic heterocycles. The SMILES string of the molecule is Cc1ccc(S(=O)(=O)O[C@@H]2CC[N@+]3([O-])CCN(S(=O)(=O)c4ccc(C)cc4)[C@H]2C3)cc1. The second-order valence-corrected chi connectivity index (χ2v) is 11.8. The van der Waals surface area contributed by atoms with E-state index >= 15 is 0 Å². The molecule has 0 spiro atoms. The third kappa shape index (κ3) is 4.41. The summed E-state index contributed by atoms with van der Waals surface area (Å²) >= 11 is 0. The van der Waals surface area contributed by atoms with Crippen LogP contribution >= 0.6 is 0 Å². The second kappa shape index (κ2) is 7.95. The number of aryl methyl sites for hydroxylation is 2. The first-order valence-electron chi connectivity index (χ1n) is 10.2. The Morgan fingerprint density at radius 1 is 0.903 bits per heavy atom. The average Bonchev–Trinajstić information content (AvgIpc) is 2.71. The summed E-state index contributed by atoms with van der Waals surface area (Å²) < 4.78 is 58.6. The Morgan fingerprint density at radius 2 is 1.45 bits per heavy atom. The molecule has 2 saturated heterocycles. The molecule has 2 aromatic carbocycles. The van der Waals surface area contributed by atoms with Crippen LogP contribution in [0.5, 0.6) is 0 Å². The fourth-order valence-electron chi connectivity index (χ4n) is 4.21. The number of rotatable bonds is 5. The fourth-order valence-corrected chi connectivity index (χ4v) is 6.97. The molecule has 2 aliphatic rings. The molecular formula is C21H26N2O6S2. The van der Waals surface area contributed by atoms with Crippen molar-refractivity contribution in [2.45, 2.75) is 42.2 Å². The van der Waals surface area contributed by atoms with E-state index in [4.69, 9.17) is 4.18 Å². The molecule has 4 rings (SSSR count). The molecule has 2 aliphatic heterocycles. The Hall–Kier alpha value is -1.82. The van der Waals surface area contributed by atoms with Crippen molar-refractivity contribution in [2.24, 2.45) is 0 Å². The van der Waals surface area contributed by atoms with Crippen LogP contribution in [0.15, 0.2) is 58.3 Å². The summed E-state index contributed by atoms with van der Waals surface area (Å²) in [5.41, 5.74) is 1.84. The van der Waals surface area contributed by atoms with E-state index < -0.39 is 36.9 Å². The highest BCUT2D eigenvalue weighted by Gasteiger charge is 2.49.